The molecule has 0 fully saturated rings. The number of carbonyl (C=O) groups excluding carboxylic acids is 1. The van der Waals surface area contributed by atoms with Crippen LogP contribution in [0.1, 0.15) is 23.6 Å². The van der Waals surface area contributed by atoms with Crippen molar-refractivity contribution in [1.29, 1.82) is 0 Å². The summed E-state index contributed by atoms with van der Waals surface area (Å²) in [5.41, 5.74) is 4.28. The van der Waals surface area contributed by atoms with Crippen molar-refractivity contribution in [3.05, 3.63) is 23.3 Å². The molecule has 1 unspecified atom stereocenters. The van der Waals surface area contributed by atoms with Crippen molar-refractivity contribution in [2.24, 2.45) is 5.73 Å². The molecule has 0 radical (unpaired) electrons. The molecule has 1 aromatic heterocycles. The van der Waals surface area contributed by atoms with Crippen molar-refractivity contribution in [3.63, 3.8) is 0 Å². The number of halogens is 3. The normalized spacial score (nSPS) is 12.6. The van der Waals surface area contributed by atoms with Gasteiger partial charge in [-0.15, -0.1) is 0 Å². The number of rotatable bonds is 6. The summed E-state index contributed by atoms with van der Waals surface area (Å²) >= 11 is 0. The molecule has 0 aliphatic carbocycles. The first-order chi connectivity index (χ1) is 10.6. The minimum atomic E-state index is -4.60. The molecule has 1 atom stereocenters. The maximum absolute atomic E-state index is 12.6. The second-order valence-electron chi connectivity index (χ2n) is 4.65. The van der Waals surface area contributed by atoms with Crippen molar-refractivity contribution in [2.75, 3.05) is 6.54 Å². The van der Waals surface area contributed by atoms with Gasteiger partial charge in [-0.1, -0.05) is 0 Å². The zero-order valence-electron chi connectivity index (χ0n) is 12.1. The first-order valence-corrected chi connectivity index (χ1v) is 6.51. The number of nitrogens with zero attached hydrogens (tertiary/aromatic N) is 2. The van der Waals surface area contributed by atoms with E-state index in [1.54, 1.807) is 0 Å². The van der Waals surface area contributed by atoms with Crippen molar-refractivity contribution >= 4 is 12.0 Å². The number of amides is 2. The van der Waals surface area contributed by atoms with E-state index in [0.29, 0.717) is 0 Å². The van der Waals surface area contributed by atoms with Crippen LogP contribution in [0.4, 0.5) is 18.0 Å². The molecule has 1 heterocycles. The third kappa shape index (κ3) is 6.46. The molecule has 1 aromatic rings. The fourth-order valence-corrected chi connectivity index (χ4v) is 1.54. The molecule has 5 N–H and O–H groups in total. The molecule has 0 spiro atoms. The number of aryl methyl sites for hydroxylation is 1. The Morgan fingerprint density at radius 3 is 2.57 bits per heavy atom. The lowest BCUT2D eigenvalue weighted by atomic mass is 10.2. The van der Waals surface area contributed by atoms with Crippen molar-refractivity contribution < 1.29 is 27.9 Å². The van der Waals surface area contributed by atoms with Gasteiger partial charge in [-0.3, -0.25) is 4.79 Å². The Balaban J connectivity index is 2.50. The Hall–Kier alpha value is -2.43. The topological polar surface area (TPSA) is 130 Å². The number of carboxylic acid groups (broad SMARTS) is 1. The van der Waals surface area contributed by atoms with Gasteiger partial charge in [0.05, 0.1) is 6.54 Å². The van der Waals surface area contributed by atoms with E-state index in [-0.39, 0.29) is 31.0 Å². The number of nitrogens with one attached hydrogen (secondary N) is 2. The summed E-state index contributed by atoms with van der Waals surface area (Å²) < 4.78 is 37.8. The summed E-state index contributed by atoms with van der Waals surface area (Å²) in [5.74, 6) is -1.38. The van der Waals surface area contributed by atoms with Crippen LogP contribution < -0.4 is 16.4 Å². The van der Waals surface area contributed by atoms with Gasteiger partial charge in [0, 0.05) is 12.2 Å². The largest absolute Gasteiger partial charge is 0.480 e. The zero-order valence-corrected chi connectivity index (χ0v) is 12.1. The lowest BCUT2D eigenvalue weighted by molar-refractivity contribution is -0.141. The van der Waals surface area contributed by atoms with E-state index in [2.05, 4.69) is 20.6 Å². The second kappa shape index (κ2) is 7.72. The lowest BCUT2D eigenvalue weighted by Crippen LogP contribution is -2.39. The highest BCUT2D eigenvalue weighted by Crippen LogP contribution is 2.27. The Labute approximate surface area is 129 Å². The number of carboxylic acids is 1. The number of aromatic nitrogens is 2. The monoisotopic (exact) mass is 335 g/mol. The Kier molecular flexibility index (Phi) is 6.25. The van der Waals surface area contributed by atoms with E-state index in [9.17, 15) is 22.8 Å². The van der Waals surface area contributed by atoms with Gasteiger partial charge in [-0.2, -0.15) is 13.2 Å². The average molecular weight is 335 g/mol. The Morgan fingerprint density at radius 1 is 1.35 bits per heavy atom. The third-order valence-corrected chi connectivity index (χ3v) is 2.66. The highest BCUT2D eigenvalue weighted by atomic mass is 19.4. The highest BCUT2D eigenvalue weighted by molar-refractivity contribution is 5.74. The van der Waals surface area contributed by atoms with Crippen LogP contribution in [0.25, 0.3) is 0 Å². The van der Waals surface area contributed by atoms with Gasteiger partial charge in [0.1, 0.15) is 17.6 Å². The number of hydrogen-bond donors (Lipinski definition) is 4. The number of alkyl halides is 3. The van der Waals surface area contributed by atoms with Crippen LogP contribution in [0, 0.1) is 6.92 Å². The minimum absolute atomic E-state index is 0.00176. The minimum Gasteiger partial charge on any atom is -0.480 e. The molecule has 0 aliphatic heterocycles. The maximum atomic E-state index is 12.6. The standard InChI is InChI=1S/C12H16F3N5O3/c1-6-4-8(12(13,14)15)20-9(19-6)5-18-11(23)17-3-2-7(16)10(21)22/h4,7H,2-3,5,16H2,1H3,(H,21,22)(H2,17,18,23). The van der Waals surface area contributed by atoms with Crippen LogP contribution in [0.3, 0.4) is 0 Å². The highest BCUT2D eigenvalue weighted by Gasteiger charge is 2.33. The first-order valence-electron chi connectivity index (χ1n) is 6.51. The number of aliphatic carboxylic acids is 1. The molecule has 0 saturated heterocycles. The average Bonchev–Trinajstić information content (AvgIpc) is 2.43. The predicted octanol–water partition coefficient (Wildman–Crippen LogP) is 0.405. The predicted molar refractivity (Wildman–Crippen MR) is 72.2 cm³/mol. The van der Waals surface area contributed by atoms with Gasteiger partial charge < -0.3 is 21.5 Å². The van der Waals surface area contributed by atoms with Gasteiger partial charge in [0.15, 0.2) is 0 Å². The second-order valence-corrected chi connectivity index (χ2v) is 4.65. The molecular formula is C12H16F3N5O3. The third-order valence-electron chi connectivity index (χ3n) is 2.66. The van der Waals surface area contributed by atoms with Crippen LogP contribution in [-0.2, 0) is 17.5 Å². The van der Waals surface area contributed by atoms with Crippen LogP contribution in [0.15, 0.2) is 6.07 Å². The van der Waals surface area contributed by atoms with E-state index in [0.717, 1.165) is 6.07 Å². The van der Waals surface area contributed by atoms with Crippen LogP contribution in [-0.4, -0.2) is 39.7 Å². The van der Waals surface area contributed by atoms with Gasteiger partial charge >= 0.3 is 18.2 Å². The van der Waals surface area contributed by atoms with Gasteiger partial charge in [-0.25, -0.2) is 14.8 Å². The van der Waals surface area contributed by atoms with E-state index >= 15 is 0 Å². The molecule has 128 valence electrons. The first kappa shape index (κ1) is 18.6. The fraction of sp³-hybridized carbons (Fsp3) is 0.500. The summed E-state index contributed by atoms with van der Waals surface area (Å²) in [6.45, 7) is 1.08. The quantitative estimate of drug-likeness (QED) is 0.595. The summed E-state index contributed by atoms with van der Waals surface area (Å²) in [6.07, 6.45) is -4.58. The number of carbonyl (C=O) groups is 2. The molecule has 1 rings (SSSR count). The SMILES string of the molecule is Cc1cc(C(F)(F)F)nc(CNC(=O)NCCC(N)C(=O)O)n1. The summed E-state index contributed by atoms with van der Waals surface area (Å²) in [7, 11) is 0. The number of nitrogens with two attached hydrogens (primary N) is 1. The Bertz CT molecular complexity index is 580. The maximum Gasteiger partial charge on any atom is 0.433 e. The van der Waals surface area contributed by atoms with Crippen molar-refractivity contribution in [1.82, 2.24) is 20.6 Å². The van der Waals surface area contributed by atoms with Crippen molar-refractivity contribution in [2.45, 2.75) is 32.1 Å². The molecule has 8 nitrogen and oxygen atoms in total. The Morgan fingerprint density at radius 2 is 2.00 bits per heavy atom. The molecule has 0 aliphatic rings. The van der Waals surface area contributed by atoms with Gasteiger partial charge in [0.25, 0.3) is 0 Å². The summed E-state index contributed by atoms with van der Waals surface area (Å²) in [6, 6.07) is -0.998. The molecule has 23 heavy (non-hydrogen) atoms. The smallest absolute Gasteiger partial charge is 0.433 e. The van der Waals surface area contributed by atoms with Crippen LogP contribution in [0.2, 0.25) is 0 Å². The molecular weight excluding hydrogens is 319 g/mol. The van der Waals surface area contributed by atoms with E-state index in [1.165, 1.54) is 6.92 Å². The molecule has 11 heteroatoms. The zero-order chi connectivity index (χ0) is 17.6. The molecule has 0 aromatic carbocycles. The molecule has 0 saturated carbocycles. The summed E-state index contributed by atoms with van der Waals surface area (Å²) in [5, 5.41) is 13.2. The number of urea groups is 1. The van der Waals surface area contributed by atoms with Crippen LogP contribution >= 0.6 is 0 Å². The van der Waals surface area contributed by atoms with E-state index in [4.69, 9.17) is 10.8 Å². The van der Waals surface area contributed by atoms with Gasteiger partial charge in [-0.05, 0) is 19.4 Å². The lowest BCUT2D eigenvalue weighted by Gasteiger charge is -2.11. The summed E-state index contributed by atoms with van der Waals surface area (Å²) in [4.78, 5) is 29.0. The van der Waals surface area contributed by atoms with E-state index < -0.39 is 29.9 Å². The fourth-order valence-electron chi connectivity index (χ4n) is 1.54. The van der Waals surface area contributed by atoms with Crippen molar-refractivity contribution in [3.8, 4) is 0 Å². The molecule has 2 amide bonds. The van der Waals surface area contributed by atoms with Crippen LogP contribution in [0.5, 0.6) is 0 Å². The van der Waals surface area contributed by atoms with E-state index in [1.807, 2.05) is 0 Å². The number of hydrogen-bond acceptors (Lipinski definition) is 5. The molecule has 0 bridgehead atoms. The van der Waals surface area contributed by atoms with Gasteiger partial charge in [0.2, 0.25) is 0 Å².